The Morgan fingerprint density at radius 2 is 2.12 bits per heavy atom. The highest BCUT2D eigenvalue weighted by molar-refractivity contribution is 5.59. The van der Waals surface area contributed by atoms with E-state index in [1.807, 2.05) is 11.9 Å². The van der Waals surface area contributed by atoms with Crippen LogP contribution < -0.4 is 4.74 Å². The fraction of sp³-hybridized carbons (Fsp3) is 0.526. The van der Waals surface area contributed by atoms with Crippen molar-refractivity contribution in [3.63, 3.8) is 0 Å². The predicted octanol–water partition coefficient (Wildman–Crippen LogP) is 2.56. The van der Waals surface area contributed by atoms with E-state index < -0.39 is 12.2 Å². The Labute approximate surface area is 153 Å². The third-order valence-electron chi connectivity index (χ3n) is 5.26. The molecule has 1 aromatic carbocycles. The Bertz CT molecular complexity index is 728. The summed E-state index contributed by atoms with van der Waals surface area (Å²) >= 11 is 0. The number of aliphatic hydroxyl groups excluding tert-OH is 1. The number of hydrogen-bond donors (Lipinski definition) is 1. The van der Waals surface area contributed by atoms with Gasteiger partial charge in [-0.1, -0.05) is 6.92 Å². The maximum Gasteiger partial charge on any atom is 0.191 e. The number of likely N-dealkylation sites (tertiary alicyclic amines) is 1. The van der Waals surface area contributed by atoms with Crippen molar-refractivity contribution in [2.45, 2.75) is 32.2 Å². The number of halogens is 1. The summed E-state index contributed by atoms with van der Waals surface area (Å²) in [6.45, 7) is 5.35. The Morgan fingerprint density at radius 3 is 2.73 bits per heavy atom. The van der Waals surface area contributed by atoms with Crippen LogP contribution in [0.15, 0.2) is 30.7 Å². The van der Waals surface area contributed by atoms with Crippen LogP contribution in [0.5, 0.6) is 5.75 Å². The molecule has 142 valence electrons. The molecule has 1 saturated heterocycles. The van der Waals surface area contributed by atoms with Gasteiger partial charge >= 0.3 is 0 Å². The van der Waals surface area contributed by atoms with Gasteiger partial charge < -0.3 is 14.7 Å². The zero-order chi connectivity index (χ0) is 18.7. The van der Waals surface area contributed by atoms with Crippen LogP contribution >= 0.6 is 0 Å². The van der Waals surface area contributed by atoms with Gasteiger partial charge in [0.15, 0.2) is 17.9 Å². The number of nitrogens with zero attached hydrogens (tertiary/aromatic N) is 4. The SMILES string of the molecule is CCN1CCC(N(C)C(O)n2cnc(-c3ccc(OC)c(F)c3)c2)CC1. The molecule has 0 spiro atoms. The van der Waals surface area contributed by atoms with Crippen LogP contribution in [0.4, 0.5) is 4.39 Å². The second-order valence-electron chi connectivity index (χ2n) is 6.73. The van der Waals surface area contributed by atoms with Crippen molar-refractivity contribution in [2.75, 3.05) is 33.8 Å². The van der Waals surface area contributed by atoms with E-state index in [0.717, 1.165) is 32.5 Å². The van der Waals surface area contributed by atoms with Crippen LogP contribution in [-0.4, -0.2) is 64.3 Å². The van der Waals surface area contributed by atoms with E-state index in [1.54, 1.807) is 29.2 Å². The molecule has 1 aliphatic rings. The van der Waals surface area contributed by atoms with Crippen molar-refractivity contribution < 1.29 is 14.2 Å². The van der Waals surface area contributed by atoms with Gasteiger partial charge in [-0.3, -0.25) is 9.47 Å². The van der Waals surface area contributed by atoms with Crippen LogP contribution in [0, 0.1) is 5.82 Å². The molecule has 0 amide bonds. The maximum atomic E-state index is 13.9. The van der Waals surface area contributed by atoms with Gasteiger partial charge in [-0.15, -0.1) is 0 Å². The highest BCUT2D eigenvalue weighted by Gasteiger charge is 2.26. The molecule has 7 heteroatoms. The normalized spacial score (nSPS) is 17.6. The van der Waals surface area contributed by atoms with Gasteiger partial charge in [-0.05, 0) is 57.7 Å². The Balaban J connectivity index is 1.69. The molecule has 2 aromatic rings. The molecule has 0 saturated carbocycles. The Morgan fingerprint density at radius 1 is 1.38 bits per heavy atom. The maximum absolute atomic E-state index is 13.9. The first-order valence-electron chi connectivity index (χ1n) is 9.03. The van der Waals surface area contributed by atoms with E-state index in [9.17, 15) is 9.50 Å². The second-order valence-corrected chi connectivity index (χ2v) is 6.73. The van der Waals surface area contributed by atoms with Crippen LogP contribution in [0.25, 0.3) is 11.3 Å². The first kappa shape index (κ1) is 18.8. The number of hydrogen-bond acceptors (Lipinski definition) is 5. The minimum Gasteiger partial charge on any atom is -0.494 e. The molecule has 3 rings (SSSR count). The highest BCUT2D eigenvalue weighted by atomic mass is 19.1. The van der Waals surface area contributed by atoms with Gasteiger partial charge in [0.25, 0.3) is 0 Å². The first-order valence-corrected chi connectivity index (χ1v) is 9.03. The van der Waals surface area contributed by atoms with E-state index in [2.05, 4.69) is 16.8 Å². The zero-order valence-electron chi connectivity index (χ0n) is 15.6. The lowest BCUT2D eigenvalue weighted by Crippen LogP contribution is -2.45. The summed E-state index contributed by atoms with van der Waals surface area (Å²) in [4.78, 5) is 8.72. The number of aliphatic hydroxyl groups is 1. The molecule has 1 fully saturated rings. The average molecular weight is 362 g/mol. The van der Waals surface area contributed by atoms with E-state index in [4.69, 9.17) is 4.74 Å². The van der Waals surface area contributed by atoms with Crippen molar-refractivity contribution in [2.24, 2.45) is 0 Å². The number of piperidine rings is 1. The number of rotatable bonds is 6. The highest BCUT2D eigenvalue weighted by Crippen LogP contribution is 2.26. The van der Waals surface area contributed by atoms with Gasteiger partial charge in [-0.2, -0.15) is 0 Å². The lowest BCUT2D eigenvalue weighted by atomic mass is 10.0. The van der Waals surface area contributed by atoms with Gasteiger partial charge in [-0.25, -0.2) is 9.37 Å². The Kier molecular flexibility index (Phi) is 5.90. The molecule has 1 atom stereocenters. The number of imidazole rings is 1. The molecule has 1 aromatic heterocycles. The molecule has 26 heavy (non-hydrogen) atoms. The average Bonchev–Trinajstić information content (AvgIpc) is 3.17. The van der Waals surface area contributed by atoms with Gasteiger partial charge in [0, 0.05) is 17.8 Å². The predicted molar refractivity (Wildman–Crippen MR) is 98.3 cm³/mol. The molecular weight excluding hydrogens is 335 g/mol. The van der Waals surface area contributed by atoms with Gasteiger partial charge in [0.05, 0.1) is 19.1 Å². The topological polar surface area (TPSA) is 53.8 Å². The second kappa shape index (κ2) is 8.16. The van der Waals surface area contributed by atoms with Gasteiger partial charge in [0.1, 0.15) is 0 Å². The number of methoxy groups -OCH3 is 1. The van der Waals surface area contributed by atoms with E-state index in [1.165, 1.54) is 13.2 Å². The number of aromatic nitrogens is 2. The van der Waals surface area contributed by atoms with Crippen LogP contribution in [0.2, 0.25) is 0 Å². The fourth-order valence-electron chi connectivity index (χ4n) is 3.48. The standard InChI is InChI=1S/C19H27FN4O2/c1-4-23-9-7-15(8-10-23)22(2)19(25)24-12-17(21-13-24)14-5-6-18(26-3)16(20)11-14/h5-6,11-13,15,19,25H,4,7-10H2,1-3H3. The lowest BCUT2D eigenvalue weighted by molar-refractivity contribution is -0.0738. The third-order valence-corrected chi connectivity index (χ3v) is 5.26. The third kappa shape index (κ3) is 3.90. The lowest BCUT2D eigenvalue weighted by Gasteiger charge is -2.38. The minimum atomic E-state index is -0.794. The minimum absolute atomic E-state index is 0.200. The first-order chi connectivity index (χ1) is 12.5. The molecule has 0 aliphatic carbocycles. The number of ether oxygens (including phenoxy) is 1. The molecule has 1 N–H and O–H groups in total. The fourth-order valence-corrected chi connectivity index (χ4v) is 3.48. The number of benzene rings is 1. The zero-order valence-corrected chi connectivity index (χ0v) is 15.6. The van der Waals surface area contributed by atoms with E-state index in [0.29, 0.717) is 17.3 Å². The smallest absolute Gasteiger partial charge is 0.191 e. The van der Waals surface area contributed by atoms with Crippen molar-refractivity contribution >= 4 is 0 Å². The Hall–Kier alpha value is -1.96. The molecule has 1 aliphatic heterocycles. The summed E-state index contributed by atoms with van der Waals surface area (Å²) in [5, 5.41) is 10.7. The van der Waals surface area contributed by atoms with Gasteiger partial charge in [0.2, 0.25) is 0 Å². The van der Waals surface area contributed by atoms with Crippen molar-refractivity contribution in [3.05, 3.63) is 36.5 Å². The summed E-state index contributed by atoms with van der Waals surface area (Å²) in [6, 6.07) is 5.05. The van der Waals surface area contributed by atoms with Crippen molar-refractivity contribution in [3.8, 4) is 17.0 Å². The summed E-state index contributed by atoms with van der Waals surface area (Å²) in [6.07, 6.45) is 4.60. The van der Waals surface area contributed by atoms with Crippen LogP contribution in [0.1, 0.15) is 26.1 Å². The summed E-state index contributed by atoms with van der Waals surface area (Å²) < 4.78 is 20.5. The molecule has 0 radical (unpaired) electrons. The monoisotopic (exact) mass is 362 g/mol. The molecular formula is C19H27FN4O2. The summed E-state index contributed by atoms with van der Waals surface area (Å²) in [5.41, 5.74) is 1.26. The quantitative estimate of drug-likeness (QED) is 0.801. The van der Waals surface area contributed by atoms with E-state index in [-0.39, 0.29) is 5.75 Å². The molecule has 2 heterocycles. The summed E-state index contributed by atoms with van der Waals surface area (Å²) in [7, 11) is 3.37. The van der Waals surface area contributed by atoms with E-state index >= 15 is 0 Å². The molecule has 6 nitrogen and oxygen atoms in total. The van der Waals surface area contributed by atoms with Crippen molar-refractivity contribution in [1.82, 2.24) is 19.4 Å². The van der Waals surface area contributed by atoms with Crippen LogP contribution in [-0.2, 0) is 0 Å². The van der Waals surface area contributed by atoms with Crippen molar-refractivity contribution in [1.29, 1.82) is 0 Å². The summed E-state index contributed by atoms with van der Waals surface area (Å²) in [5.74, 6) is -0.230. The molecule has 1 unspecified atom stereocenters. The van der Waals surface area contributed by atoms with Crippen LogP contribution in [0.3, 0.4) is 0 Å². The molecule has 0 bridgehead atoms. The largest absolute Gasteiger partial charge is 0.494 e.